The summed E-state index contributed by atoms with van der Waals surface area (Å²) in [7, 11) is -3.16. The van der Waals surface area contributed by atoms with Crippen LogP contribution in [0.1, 0.15) is 57.8 Å². The van der Waals surface area contributed by atoms with Gasteiger partial charge in [0.05, 0.1) is 6.26 Å². The highest BCUT2D eigenvalue weighted by molar-refractivity contribution is 7.88. The number of nitrogens with one attached hydrogen (secondary N) is 1. The van der Waals surface area contributed by atoms with E-state index in [2.05, 4.69) is 4.72 Å². The van der Waals surface area contributed by atoms with Crippen LogP contribution in [0.5, 0.6) is 0 Å². The van der Waals surface area contributed by atoms with Gasteiger partial charge in [0.2, 0.25) is 15.9 Å². The Bertz CT molecular complexity index is 501. The van der Waals surface area contributed by atoms with Gasteiger partial charge >= 0.3 is 0 Å². The number of piperidine rings is 1. The van der Waals surface area contributed by atoms with Crippen LogP contribution in [0.3, 0.4) is 0 Å². The lowest BCUT2D eigenvalue weighted by Gasteiger charge is -2.38. The van der Waals surface area contributed by atoms with Crippen LogP contribution < -0.4 is 10.5 Å². The van der Waals surface area contributed by atoms with Gasteiger partial charge in [-0.25, -0.2) is 13.1 Å². The highest BCUT2D eigenvalue weighted by atomic mass is 35.5. The SMILES string of the molecule is CS(=O)(=O)NCCC1CCCCN1C(=O)CC1CCCCC1N.Cl. The maximum atomic E-state index is 12.7. The smallest absolute Gasteiger partial charge is 0.223 e. The van der Waals surface area contributed by atoms with Crippen molar-refractivity contribution in [1.82, 2.24) is 9.62 Å². The summed E-state index contributed by atoms with van der Waals surface area (Å²) in [6.45, 7) is 1.19. The second-order valence-electron chi connectivity index (χ2n) is 7.10. The van der Waals surface area contributed by atoms with Crippen LogP contribution in [0.4, 0.5) is 0 Å². The molecule has 3 N–H and O–H groups in total. The Morgan fingerprint density at radius 1 is 1.17 bits per heavy atom. The van der Waals surface area contributed by atoms with Gasteiger partial charge in [0.15, 0.2) is 0 Å². The maximum absolute atomic E-state index is 12.7. The zero-order chi connectivity index (χ0) is 16.9. The number of amides is 1. The Hall–Kier alpha value is -0.370. The highest BCUT2D eigenvalue weighted by Gasteiger charge is 2.30. The third kappa shape index (κ3) is 6.86. The number of carbonyl (C=O) groups is 1. The minimum absolute atomic E-state index is 0. The van der Waals surface area contributed by atoms with E-state index < -0.39 is 10.0 Å². The summed E-state index contributed by atoms with van der Waals surface area (Å²) in [4.78, 5) is 14.7. The van der Waals surface area contributed by atoms with Gasteiger partial charge in [0.1, 0.15) is 0 Å². The Morgan fingerprint density at radius 3 is 2.50 bits per heavy atom. The number of rotatable bonds is 6. The lowest BCUT2D eigenvalue weighted by Crippen LogP contribution is -2.47. The van der Waals surface area contributed by atoms with E-state index >= 15 is 0 Å². The van der Waals surface area contributed by atoms with Gasteiger partial charge in [-0.15, -0.1) is 12.4 Å². The fourth-order valence-electron chi connectivity index (χ4n) is 3.87. The van der Waals surface area contributed by atoms with Crippen molar-refractivity contribution in [2.75, 3.05) is 19.3 Å². The minimum atomic E-state index is -3.16. The van der Waals surface area contributed by atoms with E-state index in [9.17, 15) is 13.2 Å². The number of hydrogen-bond acceptors (Lipinski definition) is 4. The molecule has 1 aliphatic carbocycles. The van der Waals surface area contributed by atoms with E-state index in [4.69, 9.17) is 5.73 Å². The first-order valence-electron chi connectivity index (χ1n) is 8.86. The fourth-order valence-corrected chi connectivity index (χ4v) is 4.36. The molecule has 0 aromatic heterocycles. The Balaban J connectivity index is 0.00000288. The monoisotopic (exact) mass is 381 g/mol. The van der Waals surface area contributed by atoms with Gasteiger partial charge in [-0.1, -0.05) is 12.8 Å². The summed E-state index contributed by atoms with van der Waals surface area (Å²) in [5.74, 6) is 0.518. The number of nitrogens with zero attached hydrogens (tertiary/aromatic N) is 1. The second kappa shape index (κ2) is 9.94. The number of likely N-dealkylation sites (tertiary alicyclic amines) is 1. The number of hydrogen-bond donors (Lipinski definition) is 2. The summed E-state index contributed by atoms with van der Waals surface area (Å²) in [6.07, 6.45) is 9.96. The molecule has 142 valence electrons. The third-order valence-electron chi connectivity index (χ3n) is 5.19. The summed E-state index contributed by atoms with van der Waals surface area (Å²) >= 11 is 0. The topological polar surface area (TPSA) is 92.5 Å². The van der Waals surface area contributed by atoms with E-state index in [1.807, 2.05) is 4.90 Å². The molecular formula is C16H32ClN3O3S. The molecule has 0 aromatic rings. The zero-order valence-electron chi connectivity index (χ0n) is 14.6. The summed E-state index contributed by atoms with van der Waals surface area (Å²) in [5.41, 5.74) is 6.17. The standard InChI is InChI=1S/C16H31N3O3S.ClH/c1-23(21,22)18-10-9-14-7-4-5-11-19(14)16(20)12-13-6-2-3-8-15(13)17;/h13-15,18H,2-12,17H2,1H3;1H. The van der Waals surface area contributed by atoms with Crippen LogP contribution in [0.25, 0.3) is 0 Å². The van der Waals surface area contributed by atoms with Crippen LogP contribution in [-0.2, 0) is 14.8 Å². The van der Waals surface area contributed by atoms with Crippen molar-refractivity contribution < 1.29 is 13.2 Å². The van der Waals surface area contributed by atoms with Crippen LogP contribution >= 0.6 is 12.4 Å². The number of carbonyl (C=O) groups excluding carboxylic acids is 1. The third-order valence-corrected chi connectivity index (χ3v) is 5.92. The second-order valence-corrected chi connectivity index (χ2v) is 8.94. The molecule has 3 unspecified atom stereocenters. The molecule has 24 heavy (non-hydrogen) atoms. The van der Waals surface area contributed by atoms with Gasteiger partial charge < -0.3 is 10.6 Å². The van der Waals surface area contributed by atoms with Crippen molar-refractivity contribution >= 4 is 28.3 Å². The molecule has 1 aliphatic heterocycles. The summed E-state index contributed by atoms with van der Waals surface area (Å²) in [5, 5.41) is 0. The normalized spacial score (nSPS) is 28.2. The van der Waals surface area contributed by atoms with Gasteiger partial charge in [0.25, 0.3) is 0 Å². The predicted octanol–water partition coefficient (Wildman–Crippen LogP) is 1.64. The molecule has 3 atom stereocenters. The average Bonchev–Trinajstić information content (AvgIpc) is 2.49. The molecule has 1 saturated carbocycles. The van der Waals surface area contributed by atoms with E-state index in [1.165, 1.54) is 19.1 Å². The van der Waals surface area contributed by atoms with E-state index in [-0.39, 0.29) is 30.4 Å². The van der Waals surface area contributed by atoms with Gasteiger partial charge in [0, 0.05) is 31.6 Å². The first kappa shape index (κ1) is 21.7. The van der Waals surface area contributed by atoms with Crippen molar-refractivity contribution in [1.29, 1.82) is 0 Å². The summed E-state index contributed by atoms with van der Waals surface area (Å²) < 4.78 is 24.9. The molecule has 0 aromatic carbocycles. The molecule has 1 heterocycles. The average molecular weight is 382 g/mol. The number of nitrogens with two attached hydrogens (primary N) is 1. The van der Waals surface area contributed by atoms with Crippen LogP contribution in [0.2, 0.25) is 0 Å². The molecule has 8 heteroatoms. The van der Waals surface area contributed by atoms with Crippen molar-refractivity contribution in [2.45, 2.75) is 69.9 Å². The van der Waals surface area contributed by atoms with Crippen LogP contribution in [-0.4, -0.2) is 50.7 Å². The predicted molar refractivity (Wildman–Crippen MR) is 98.6 cm³/mol. The fraction of sp³-hybridized carbons (Fsp3) is 0.938. The van der Waals surface area contributed by atoms with Crippen LogP contribution in [0, 0.1) is 5.92 Å². The Morgan fingerprint density at radius 2 is 1.83 bits per heavy atom. The highest BCUT2D eigenvalue weighted by Crippen LogP contribution is 2.28. The van der Waals surface area contributed by atoms with Gasteiger partial charge in [-0.2, -0.15) is 0 Å². The molecule has 2 aliphatic rings. The van der Waals surface area contributed by atoms with Crippen molar-refractivity contribution in [2.24, 2.45) is 11.7 Å². The minimum Gasteiger partial charge on any atom is -0.340 e. The largest absolute Gasteiger partial charge is 0.340 e. The zero-order valence-corrected chi connectivity index (χ0v) is 16.2. The van der Waals surface area contributed by atoms with Gasteiger partial charge in [-0.3, -0.25) is 4.79 Å². The lowest BCUT2D eigenvalue weighted by atomic mass is 9.82. The number of halogens is 1. The molecule has 0 bridgehead atoms. The first-order valence-corrected chi connectivity index (χ1v) is 10.8. The molecule has 0 radical (unpaired) electrons. The van der Waals surface area contributed by atoms with Crippen molar-refractivity contribution in [3.8, 4) is 0 Å². The molecule has 6 nitrogen and oxygen atoms in total. The molecule has 1 saturated heterocycles. The summed E-state index contributed by atoms with van der Waals surface area (Å²) in [6, 6.07) is 0.313. The van der Waals surface area contributed by atoms with Crippen molar-refractivity contribution in [3.63, 3.8) is 0 Å². The lowest BCUT2D eigenvalue weighted by molar-refractivity contribution is -0.136. The number of sulfonamides is 1. The molecule has 1 amide bonds. The molecular weight excluding hydrogens is 350 g/mol. The first-order chi connectivity index (χ1) is 10.9. The van der Waals surface area contributed by atoms with Crippen LogP contribution in [0.15, 0.2) is 0 Å². The van der Waals surface area contributed by atoms with Crippen molar-refractivity contribution in [3.05, 3.63) is 0 Å². The Kier molecular flexibility index (Phi) is 8.98. The quantitative estimate of drug-likeness (QED) is 0.731. The maximum Gasteiger partial charge on any atom is 0.223 e. The van der Waals surface area contributed by atoms with E-state index in [0.717, 1.165) is 38.6 Å². The van der Waals surface area contributed by atoms with E-state index in [1.54, 1.807) is 0 Å². The van der Waals surface area contributed by atoms with E-state index in [0.29, 0.717) is 25.3 Å². The molecule has 2 fully saturated rings. The molecule has 2 rings (SSSR count). The Labute approximate surface area is 152 Å². The molecule has 0 spiro atoms. The van der Waals surface area contributed by atoms with Gasteiger partial charge in [-0.05, 0) is 44.4 Å².